The normalized spacial score (nSPS) is 24.4. The first-order chi connectivity index (χ1) is 19.7. The van der Waals surface area contributed by atoms with Crippen molar-refractivity contribution >= 4 is 29.6 Å². The first-order valence-corrected chi connectivity index (χ1v) is 15.4. The van der Waals surface area contributed by atoms with Gasteiger partial charge in [0.05, 0.1) is 6.04 Å². The summed E-state index contributed by atoms with van der Waals surface area (Å²) in [6.45, 7) is 17.4. The van der Waals surface area contributed by atoms with Gasteiger partial charge in [-0.2, -0.15) is 0 Å². The fraction of sp³-hybridized carbons (Fsp3) is 0.719. The van der Waals surface area contributed by atoms with Gasteiger partial charge in [-0.05, 0) is 76.0 Å². The third-order valence-electron chi connectivity index (χ3n) is 8.97. The fourth-order valence-corrected chi connectivity index (χ4v) is 6.62. The molecule has 1 saturated heterocycles. The van der Waals surface area contributed by atoms with Crippen molar-refractivity contribution in [3.63, 3.8) is 0 Å². The summed E-state index contributed by atoms with van der Waals surface area (Å²) in [5, 5.41) is 8.23. The van der Waals surface area contributed by atoms with Crippen LogP contribution in [0.15, 0.2) is 25.3 Å². The third-order valence-corrected chi connectivity index (χ3v) is 8.97. The van der Waals surface area contributed by atoms with Crippen molar-refractivity contribution in [2.45, 2.75) is 110 Å². The van der Waals surface area contributed by atoms with Crippen molar-refractivity contribution in [2.24, 2.45) is 23.2 Å². The zero-order valence-electron chi connectivity index (χ0n) is 26.0. The minimum atomic E-state index is -1.05. The summed E-state index contributed by atoms with van der Waals surface area (Å²) >= 11 is 0. The monoisotopic (exact) mass is 586 g/mol. The molecule has 42 heavy (non-hydrogen) atoms. The van der Waals surface area contributed by atoms with E-state index < -0.39 is 47.4 Å². The minimum absolute atomic E-state index is 0.0615. The van der Waals surface area contributed by atoms with Crippen LogP contribution in [-0.4, -0.2) is 71.3 Å². The molecule has 2 aliphatic carbocycles. The van der Waals surface area contributed by atoms with Gasteiger partial charge in [-0.1, -0.05) is 45.3 Å². The maximum Gasteiger partial charge on any atom is 0.408 e. The highest BCUT2D eigenvalue weighted by Crippen LogP contribution is 2.65. The standard InChI is InChI=1S/C32H50N4O6/c1-8-10-17-22(26(37)28(39)33-18-11-9-2)34-27(38)25-23-21(32(23,6)7)19-36(25)29(40)24(20-15-13-12-14-16-20)35-30(41)42-31(3,4)5/h8-9,20-25H,1-2,10-19H2,3-7H3,(H,33,39)(H,34,38)(H,35,41)/t21?,22-,23+,24+,25+/m1/s1. The van der Waals surface area contributed by atoms with Crippen molar-refractivity contribution < 1.29 is 28.7 Å². The minimum Gasteiger partial charge on any atom is -0.444 e. The molecule has 0 aromatic heterocycles. The lowest BCUT2D eigenvalue weighted by molar-refractivity contribution is -0.145. The summed E-state index contributed by atoms with van der Waals surface area (Å²) in [6.07, 6.45) is 8.37. The van der Waals surface area contributed by atoms with E-state index in [1.807, 2.05) is 0 Å². The number of carbonyl (C=O) groups is 5. The molecule has 0 aromatic carbocycles. The van der Waals surface area contributed by atoms with E-state index in [1.54, 1.807) is 37.8 Å². The van der Waals surface area contributed by atoms with Gasteiger partial charge in [-0.3, -0.25) is 19.2 Å². The van der Waals surface area contributed by atoms with Crippen LogP contribution in [0.2, 0.25) is 0 Å². The predicted octanol–water partition coefficient (Wildman–Crippen LogP) is 3.66. The number of piperidine rings is 1. The number of Topliss-reactive ketones (excluding diaryl/α,β-unsaturated/α-hetero) is 1. The van der Waals surface area contributed by atoms with E-state index in [0.29, 0.717) is 19.4 Å². The van der Waals surface area contributed by atoms with Crippen LogP contribution in [0, 0.1) is 23.2 Å². The lowest BCUT2D eigenvalue weighted by Gasteiger charge is -2.37. The van der Waals surface area contributed by atoms with Gasteiger partial charge in [0.15, 0.2) is 0 Å². The van der Waals surface area contributed by atoms with Gasteiger partial charge in [0, 0.05) is 13.1 Å². The highest BCUT2D eigenvalue weighted by molar-refractivity contribution is 6.38. The molecule has 10 heteroatoms. The van der Waals surface area contributed by atoms with Crippen LogP contribution in [0.3, 0.4) is 0 Å². The molecule has 234 valence electrons. The molecule has 3 fully saturated rings. The topological polar surface area (TPSA) is 134 Å². The molecule has 1 aliphatic heterocycles. The third kappa shape index (κ3) is 8.01. The Morgan fingerprint density at radius 2 is 1.64 bits per heavy atom. The highest BCUT2D eigenvalue weighted by Gasteiger charge is 2.69. The number of allylic oxidation sites excluding steroid dienone is 1. The van der Waals surface area contributed by atoms with Gasteiger partial charge in [0.25, 0.3) is 5.91 Å². The van der Waals surface area contributed by atoms with Gasteiger partial charge in [-0.25, -0.2) is 4.79 Å². The number of nitrogens with zero attached hydrogens (tertiary/aromatic N) is 1. The van der Waals surface area contributed by atoms with Gasteiger partial charge in [-0.15, -0.1) is 13.2 Å². The zero-order chi connectivity index (χ0) is 31.2. The number of hydrogen-bond acceptors (Lipinski definition) is 6. The molecule has 3 aliphatic rings. The molecule has 2 saturated carbocycles. The number of ether oxygens (including phenoxy) is 1. The maximum atomic E-state index is 14.2. The number of hydrogen-bond donors (Lipinski definition) is 3. The highest BCUT2D eigenvalue weighted by atomic mass is 16.6. The Morgan fingerprint density at radius 1 is 1.00 bits per heavy atom. The molecular formula is C32H50N4O6. The van der Waals surface area contributed by atoms with E-state index in [1.165, 1.54) is 0 Å². The smallest absolute Gasteiger partial charge is 0.408 e. The summed E-state index contributed by atoms with van der Waals surface area (Å²) in [5.74, 6) is -2.29. The number of nitrogens with one attached hydrogen (secondary N) is 3. The predicted molar refractivity (Wildman–Crippen MR) is 160 cm³/mol. The van der Waals surface area contributed by atoms with Crippen LogP contribution in [0.4, 0.5) is 4.79 Å². The molecule has 0 radical (unpaired) electrons. The number of likely N-dealkylation sites (tertiary alicyclic amines) is 1. The molecule has 0 bridgehead atoms. The Labute approximate surface area is 250 Å². The van der Waals surface area contributed by atoms with Gasteiger partial charge in [0.1, 0.15) is 17.7 Å². The largest absolute Gasteiger partial charge is 0.444 e. The lowest BCUT2D eigenvalue weighted by atomic mass is 9.83. The molecule has 0 aromatic rings. The number of carbonyl (C=O) groups excluding carboxylic acids is 5. The molecular weight excluding hydrogens is 536 g/mol. The van der Waals surface area contributed by atoms with Crippen molar-refractivity contribution in [1.82, 2.24) is 20.9 Å². The Morgan fingerprint density at radius 3 is 2.24 bits per heavy atom. The first kappa shape index (κ1) is 33.3. The van der Waals surface area contributed by atoms with Gasteiger partial charge in [0.2, 0.25) is 17.6 Å². The van der Waals surface area contributed by atoms with Crippen LogP contribution in [0.5, 0.6) is 0 Å². The second-order valence-electron chi connectivity index (χ2n) is 13.5. The quantitative estimate of drug-likeness (QED) is 0.171. The van der Waals surface area contributed by atoms with Crippen LogP contribution < -0.4 is 16.0 Å². The lowest BCUT2D eigenvalue weighted by Crippen LogP contribution is -2.59. The van der Waals surface area contributed by atoms with Crippen molar-refractivity contribution in [1.29, 1.82) is 0 Å². The Kier molecular flexibility index (Phi) is 11.0. The SMILES string of the molecule is C=CCCNC(=O)C(=O)[C@@H](CCC=C)NC(=O)[C@@H]1[C@@H]2C(CN1C(=O)[C@@H](NC(=O)OC(C)(C)C)C1CCCCC1)C2(C)C. The van der Waals surface area contributed by atoms with Gasteiger partial charge >= 0.3 is 6.09 Å². The first-order valence-electron chi connectivity index (χ1n) is 15.4. The summed E-state index contributed by atoms with van der Waals surface area (Å²) in [5.41, 5.74) is -0.878. The number of alkyl carbamates (subject to hydrolysis) is 1. The molecule has 5 atom stereocenters. The van der Waals surface area contributed by atoms with Gasteiger partial charge < -0.3 is 25.6 Å². The summed E-state index contributed by atoms with van der Waals surface area (Å²) in [4.78, 5) is 68.1. The van der Waals surface area contributed by atoms with E-state index in [9.17, 15) is 24.0 Å². The summed E-state index contributed by atoms with van der Waals surface area (Å²) in [7, 11) is 0. The van der Waals surface area contributed by atoms with Crippen molar-refractivity contribution in [3.8, 4) is 0 Å². The molecule has 1 unspecified atom stereocenters. The van der Waals surface area contributed by atoms with E-state index in [-0.39, 0.29) is 42.0 Å². The Hall–Kier alpha value is -3.17. The number of fused-ring (bicyclic) bond motifs is 1. The van der Waals surface area contributed by atoms with E-state index in [2.05, 4.69) is 43.0 Å². The molecule has 1 heterocycles. The molecule has 3 N–H and O–H groups in total. The molecule has 0 spiro atoms. The second-order valence-corrected chi connectivity index (χ2v) is 13.5. The van der Waals surface area contributed by atoms with E-state index in [4.69, 9.17) is 4.74 Å². The average Bonchev–Trinajstić information content (AvgIpc) is 3.24. The second kappa shape index (κ2) is 13.9. The molecule has 4 amide bonds. The van der Waals surface area contributed by atoms with E-state index >= 15 is 0 Å². The van der Waals surface area contributed by atoms with Crippen LogP contribution in [-0.2, 0) is 23.9 Å². The van der Waals surface area contributed by atoms with Crippen LogP contribution >= 0.6 is 0 Å². The van der Waals surface area contributed by atoms with Crippen molar-refractivity contribution in [2.75, 3.05) is 13.1 Å². The van der Waals surface area contributed by atoms with Crippen LogP contribution in [0.25, 0.3) is 0 Å². The number of ketones is 1. The number of amides is 4. The average molecular weight is 587 g/mol. The molecule has 3 rings (SSSR count). The fourth-order valence-electron chi connectivity index (χ4n) is 6.62. The van der Waals surface area contributed by atoms with Crippen molar-refractivity contribution in [3.05, 3.63) is 25.3 Å². The van der Waals surface area contributed by atoms with Crippen LogP contribution in [0.1, 0.15) is 86.0 Å². The Bertz CT molecular complexity index is 1060. The Balaban J connectivity index is 1.83. The zero-order valence-corrected chi connectivity index (χ0v) is 26.0. The maximum absolute atomic E-state index is 14.2. The van der Waals surface area contributed by atoms with E-state index in [0.717, 1.165) is 32.1 Å². The summed E-state index contributed by atoms with van der Waals surface area (Å²) in [6, 6.07) is -2.68. The number of rotatable bonds is 13. The molecule has 10 nitrogen and oxygen atoms in total. The summed E-state index contributed by atoms with van der Waals surface area (Å²) < 4.78 is 5.49.